The SMILES string of the molecule is BBBCC.[Hf]. The van der Waals surface area contributed by atoms with Gasteiger partial charge >= 0.3 is 0 Å². The summed E-state index contributed by atoms with van der Waals surface area (Å²) in [5.74, 6) is 0. The summed E-state index contributed by atoms with van der Waals surface area (Å²) in [5.41, 5.74) is 0. The maximum absolute atomic E-state index is 2.21. The molecule has 0 radical (unpaired) electrons. The molecule has 0 aliphatic carbocycles. The summed E-state index contributed by atoms with van der Waals surface area (Å²) >= 11 is 0. The summed E-state index contributed by atoms with van der Waals surface area (Å²) in [6.07, 6.45) is 1.34. The second-order valence-electron chi connectivity index (χ2n) is 1.35. The normalized spacial score (nSPS) is 5.50. The molecule has 0 atom stereocenters. The van der Waals surface area contributed by atoms with Crippen LogP contribution in [-0.2, 0) is 25.8 Å². The molecule has 0 rings (SSSR count). The van der Waals surface area contributed by atoms with E-state index in [-0.39, 0.29) is 25.8 Å². The zero-order chi connectivity index (χ0) is 4.12. The molecule has 0 nitrogen and oxygen atoms in total. The van der Waals surface area contributed by atoms with E-state index in [2.05, 4.69) is 14.7 Å². The van der Waals surface area contributed by atoms with E-state index in [1.165, 1.54) is 20.6 Å². The Morgan fingerprint density at radius 1 is 1.67 bits per heavy atom. The fraction of sp³-hybridized carbons (Fsp3) is 1.00. The molecular weight excluding hydrogens is 235 g/mol. The summed E-state index contributed by atoms with van der Waals surface area (Å²) in [5, 5.41) is 0. The summed E-state index contributed by atoms with van der Waals surface area (Å²) in [4.78, 5) is 0. The molecule has 6 heavy (non-hydrogen) atoms. The molecule has 0 saturated heterocycles. The fourth-order valence-corrected chi connectivity index (χ4v) is 0.354. The van der Waals surface area contributed by atoms with E-state index in [0.29, 0.717) is 0 Å². The second kappa shape index (κ2) is 9.42. The van der Waals surface area contributed by atoms with Crippen molar-refractivity contribution in [1.29, 1.82) is 0 Å². The Kier molecular flexibility index (Phi) is 15.9. The Balaban J connectivity index is 0. The molecule has 0 amide bonds. The predicted octanol–water partition coefficient (Wildman–Crippen LogP) is -1.24. The van der Waals surface area contributed by atoms with Gasteiger partial charge in [-0.25, -0.2) is 0 Å². The molecule has 0 saturated carbocycles. The molecule has 0 fully saturated rings. The Hall–Kier alpha value is 1.06. The van der Waals surface area contributed by atoms with Crippen LogP contribution >= 0.6 is 0 Å². The van der Waals surface area contributed by atoms with Crippen molar-refractivity contribution in [3.8, 4) is 0 Å². The van der Waals surface area contributed by atoms with Gasteiger partial charge in [-0.2, -0.15) is 0 Å². The molecule has 0 unspecified atom stereocenters. The predicted molar refractivity (Wildman–Crippen MR) is 33.3 cm³/mol. The van der Waals surface area contributed by atoms with E-state index >= 15 is 0 Å². The third-order valence-electron chi connectivity index (χ3n) is 0.707. The van der Waals surface area contributed by atoms with Gasteiger partial charge in [0.2, 0.25) is 0 Å². The van der Waals surface area contributed by atoms with Crippen LogP contribution in [0.4, 0.5) is 0 Å². The minimum Gasteiger partial charge on any atom is -0.0881 e. The van der Waals surface area contributed by atoms with Crippen LogP contribution < -0.4 is 0 Å². The van der Waals surface area contributed by atoms with Crippen molar-refractivity contribution in [2.75, 3.05) is 0 Å². The van der Waals surface area contributed by atoms with Gasteiger partial charge in [0.25, 0.3) is 0 Å². The number of hydrogen-bond donors (Lipinski definition) is 0. The molecule has 0 aliphatic heterocycles. The van der Waals surface area contributed by atoms with Crippen LogP contribution in [0.15, 0.2) is 0 Å². The van der Waals surface area contributed by atoms with E-state index < -0.39 is 0 Å². The number of hydrogen-bond acceptors (Lipinski definition) is 0. The van der Waals surface area contributed by atoms with Gasteiger partial charge in [0.15, 0.2) is 0 Å². The Morgan fingerprint density at radius 2 is 2.17 bits per heavy atom. The first-order valence-electron chi connectivity index (χ1n) is 2.41. The average Bonchev–Trinajstić information content (AvgIpc) is 1.41. The van der Waals surface area contributed by atoms with Gasteiger partial charge in [0.05, 0.1) is 22.0 Å². The molecular formula is C2H9B3Hf. The zero-order valence-electron chi connectivity index (χ0n) is 4.62. The van der Waals surface area contributed by atoms with Crippen LogP contribution in [0.1, 0.15) is 6.92 Å². The zero-order valence-corrected chi connectivity index (χ0v) is 8.21. The molecule has 4 heteroatoms. The van der Waals surface area contributed by atoms with Gasteiger partial charge in [-0.15, -0.1) is 0 Å². The van der Waals surface area contributed by atoms with Gasteiger partial charge in [-0.05, 0) is 0 Å². The largest absolute Gasteiger partial charge is 0.0881 e. The van der Waals surface area contributed by atoms with Crippen molar-refractivity contribution < 1.29 is 25.8 Å². The van der Waals surface area contributed by atoms with E-state index in [4.69, 9.17) is 0 Å². The molecule has 0 aromatic rings. The van der Waals surface area contributed by atoms with E-state index in [1.54, 1.807) is 0 Å². The minimum atomic E-state index is 0. The third kappa shape index (κ3) is 8.91. The molecule has 30 valence electrons. The van der Waals surface area contributed by atoms with Crippen molar-refractivity contribution in [3.63, 3.8) is 0 Å². The van der Waals surface area contributed by atoms with Gasteiger partial charge in [-0.1, -0.05) is 13.2 Å². The van der Waals surface area contributed by atoms with E-state index in [0.717, 1.165) is 0 Å². The topological polar surface area (TPSA) is 0 Å². The molecule has 0 aliphatic rings. The molecule has 0 heterocycles. The molecule has 0 bridgehead atoms. The summed E-state index contributed by atoms with van der Waals surface area (Å²) in [6.45, 7) is 2.21. The Labute approximate surface area is 61.1 Å². The smallest absolute Gasteiger partial charge is 0.0776 e. The van der Waals surface area contributed by atoms with Crippen molar-refractivity contribution in [2.45, 2.75) is 13.2 Å². The summed E-state index contributed by atoms with van der Waals surface area (Å²) in [6, 6.07) is 0. The van der Waals surface area contributed by atoms with Crippen molar-refractivity contribution >= 4 is 22.0 Å². The average molecular weight is 244 g/mol. The van der Waals surface area contributed by atoms with Gasteiger partial charge in [0.1, 0.15) is 0 Å². The van der Waals surface area contributed by atoms with Crippen molar-refractivity contribution in [2.24, 2.45) is 0 Å². The van der Waals surface area contributed by atoms with Crippen molar-refractivity contribution in [1.82, 2.24) is 0 Å². The second-order valence-corrected chi connectivity index (χ2v) is 1.35. The number of rotatable bonds is 2. The third-order valence-corrected chi connectivity index (χ3v) is 0.707. The van der Waals surface area contributed by atoms with Gasteiger partial charge < -0.3 is 0 Å². The molecule has 0 aromatic heterocycles. The quantitative estimate of drug-likeness (QED) is 0.533. The Morgan fingerprint density at radius 3 is 2.17 bits per heavy atom. The first-order chi connectivity index (χ1) is 2.41. The Bertz CT molecular complexity index is 16.3. The molecule has 0 spiro atoms. The fourth-order valence-electron chi connectivity index (χ4n) is 0.354. The van der Waals surface area contributed by atoms with E-state index in [9.17, 15) is 0 Å². The van der Waals surface area contributed by atoms with Crippen LogP contribution in [-0.4, -0.2) is 22.0 Å². The minimum absolute atomic E-state index is 0. The van der Waals surface area contributed by atoms with Gasteiger partial charge in [-0.3, -0.25) is 0 Å². The van der Waals surface area contributed by atoms with Crippen LogP contribution in [0.25, 0.3) is 0 Å². The maximum atomic E-state index is 2.21. The van der Waals surface area contributed by atoms with Crippen LogP contribution in [0.2, 0.25) is 6.32 Å². The first-order valence-corrected chi connectivity index (χ1v) is 2.41. The van der Waals surface area contributed by atoms with Crippen molar-refractivity contribution in [3.05, 3.63) is 0 Å². The first kappa shape index (κ1) is 10.1. The van der Waals surface area contributed by atoms with Gasteiger partial charge in [0, 0.05) is 25.8 Å². The van der Waals surface area contributed by atoms with E-state index in [1.807, 2.05) is 0 Å². The molecule has 0 aromatic carbocycles. The summed E-state index contributed by atoms with van der Waals surface area (Å²) in [7, 11) is 4.94. The maximum Gasteiger partial charge on any atom is 0.0776 e. The summed E-state index contributed by atoms with van der Waals surface area (Å²) < 4.78 is 0. The molecule has 0 N–H and O–H groups in total. The van der Waals surface area contributed by atoms with Crippen LogP contribution in [0.3, 0.4) is 0 Å². The standard InChI is InChI=1S/C2H9B3.Hf/c1-2-4-5-3;/h4-5H,2-3H2,1H3;. The van der Waals surface area contributed by atoms with Crippen LogP contribution in [0, 0.1) is 0 Å². The monoisotopic (exact) mass is 246 g/mol. The van der Waals surface area contributed by atoms with Crippen LogP contribution in [0.5, 0.6) is 0 Å².